The second-order valence-electron chi connectivity index (χ2n) is 4.28. The number of hydrogen-bond acceptors (Lipinski definition) is 3. The molecule has 0 heterocycles. The van der Waals surface area contributed by atoms with Crippen molar-refractivity contribution in [3.63, 3.8) is 0 Å². The average molecular weight is 250 g/mol. The fourth-order valence-corrected chi connectivity index (χ4v) is 1.73. The maximum atomic E-state index is 11.3. The molecule has 1 aromatic carbocycles. The number of esters is 1. The van der Waals surface area contributed by atoms with Crippen molar-refractivity contribution in [2.45, 2.75) is 39.0 Å². The van der Waals surface area contributed by atoms with Gasteiger partial charge >= 0.3 is 5.97 Å². The molecule has 0 aromatic heterocycles. The number of carbonyl (C=O) groups is 1. The molecule has 0 atom stereocenters. The molecular weight excluding hydrogens is 228 g/mol. The Kier molecular flexibility index (Phi) is 6.92. The smallest absolute Gasteiger partial charge is 0.337 e. The van der Waals surface area contributed by atoms with Gasteiger partial charge < -0.3 is 9.47 Å². The first-order valence-corrected chi connectivity index (χ1v) is 6.59. The number of hydrogen-bond donors (Lipinski definition) is 0. The van der Waals surface area contributed by atoms with Crippen LogP contribution >= 0.6 is 0 Å². The highest BCUT2D eigenvalue weighted by atomic mass is 16.5. The van der Waals surface area contributed by atoms with Crippen LogP contribution in [0.15, 0.2) is 24.3 Å². The second-order valence-corrected chi connectivity index (χ2v) is 4.28. The van der Waals surface area contributed by atoms with E-state index >= 15 is 0 Å². The third-order valence-corrected chi connectivity index (χ3v) is 2.77. The molecule has 0 bridgehead atoms. The molecule has 0 fully saturated rings. The summed E-state index contributed by atoms with van der Waals surface area (Å²) < 4.78 is 10.3. The molecule has 0 aliphatic heterocycles. The molecule has 0 radical (unpaired) electrons. The van der Waals surface area contributed by atoms with Gasteiger partial charge in [0, 0.05) is 0 Å². The normalized spacial score (nSPS) is 10.1. The van der Waals surface area contributed by atoms with Crippen LogP contribution < -0.4 is 4.74 Å². The van der Waals surface area contributed by atoms with E-state index in [4.69, 9.17) is 4.74 Å². The summed E-state index contributed by atoms with van der Waals surface area (Å²) in [6, 6.07) is 7.11. The van der Waals surface area contributed by atoms with Crippen LogP contribution in [0.2, 0.25) is 0 Å². The fourth-order valence-electron chi connectivity index (χ4n) is 1.73. The minimum atomic E-state index is -0.330. The summed E-state index contributed by atoms with van der Waals surface area (Å²) in [5.41, 5.74) is 0.529. The Balaban J connectivity index is 2.32. The second kappa shape index (κ2) is 8.56. The van der Waals surface area contributed by atoms with Crippen LogP contribution in [-0.2, 0) is 4.74 Å². The number of ether oxygens (including phenoxy) is 2. The minimum Gasteiger partial charge on any atom is -0.494 e. The van der Waals surface area contributed by atoms with Gasteiger partial charge in [0.15, 0.2) is 0 Å². The number of unbranched alkanes of at least 4 members (excludes halogenated alkanes) is 4. The van der Waals surface area contributed by atoms with Crippen molar-refractivity contribution in [3.8, 4) is 5.75 Å². The van der Waals surface area contributed by atoms with Crippen LogP contribution in [0.3, 0.4) is 0 Å². The Morgan fingerprint density at radius 2 is 1.94 bits per heavy atom. The van der Waals surface area contributed by atoms with Crippen molar-refractivity contribution in [1.82, 2.24) is 0 Å². The Hall–Kier alpha value is -1.51. The quantitative estimate of drug-likeness (QED) is 0.519. The van der Waals surface area contributed by atoms with Gasteiger partial charge in [-0.3, -0.25) is 0 Å². The molecule has 0 amide bonds. The van der Waals surface area contributed by atoms with Crippen LogP contribution in [0.25, 0.3) is 0 Å². The van der Waals surface area contributed by atoms with Crippen LogP contribution in [0.1, 0.15) is 49.4 Å². The van der Waals surface area contributed by atoms with Crippen molar-refractivity contribution in [3.05, 3.63) is 29.8 Å². The van der Waals surface area contributed by atoms with Gasteiger partial charge in [0.2, 0.25) is 0 Å². The van der Waals surface area contributed by atoms with Crippen molar-refractivity contribution in [1.29, 1.82) is 0 Å². The van der Waals surface area contributed by atoms with E-state index in [-0.39, 0.29) is 5.97 Å². The molecular formula is C15H22O3. The van der Waals surface area contributed by atoms with Gasteiger partial charge in [0.25, 0.3) is 0 Å². The van der Waals surface area contributed by atoms with Gasteiger partial charge in [-0.1, -0.05) is 38.7 Å². The summed E-state index contributed by atoms with van der Waals surface area (Å²) in [4.78, 5) is 11.3. The standard InChI is InChI=1S/C15H22O3/c1-3-4-5-6-7-11-18-14-10-8-9-13(12-14)15(16)17-2/h8-10,12H,3-7,11H2,1-2H3. The lowest BCUT2D eigenvalue weighted by Gasteiger charge is -2.07. The van der Waals surface area contributed by atoms with E-state index in [1.807, 2.05) is 6.07 Å². The summed E-state index contributed by atoms with van der Waals surface area (Å²) >= 11 is 0. The van der Waals surface area contributed by atoms with Crippen LogP contribution in [0.4, 0.5) is 0 Å². The number of methoxy groups -OCH3 is 1. The fraction of sp³-hybridized carbons (Fsp3) is 0.533. The zero-order chi connectivity index (χ0) is 13.2. The summed E-state index contributed by atoms with van der Waals surface area (Å²) in [5.74, 6) is 0.400. The Labute approximate surface area is 109 Å². The predicted molar refractivity (Wildman–Crippen MR) is 72.0 cm³/mol. The molecule has 1 aromatic rings. The molecule has 0 spiro atoms. The van der Waals surface area contributed by atoms with E-state index in [9.17, 15) is 4.79 Å². The van der Waals surface area contributed by atoms with Gasteiger partial charge in [0.05, 0.1) is 19.3 Å². The highest BCUT2D eigenvalue weighted by Crippen LogP contribution is 2.14. The topological polar surface area (TPSA) is 35.5 Å². The SMILES string of the molecule is CCCCCCCOc1cccc(C(=O)OC)c1. The molecule has 1 rings (SSSR count). The number of rotatable bonds is 8. The van der Waals surface area contributed by atoms with Crippen LogP contribution in [-0.4, -0.2) is 19.7 Å². The van der Waals surface area contributed by atoms with Crippen molar-refractivity contribution < 1.29 is 14.3 Å². The third kappa shape index (κ3) is 5.21. The molecule has 0 aliphatic carbocycles. The van der Waals surface area contributed by atoms with E-state index < -0.39 is 0 Å². The van der Waals surface area contributed by atoms with Crippen LogP contribution in [0.5, 0.6) is 5.75 Å². The monoisotopic (exact) mass is 250 g/mol. The number of benzene rings is 1. The first-order valence-electron chi connectivity index (χ1n) is 6.59. The molecule has 3 heteroatoms. The van der Waals surface area contributed by atoms with E-state index in [1.54, 1.807) is 18.2 Å². The largest absolute Gasteiger partial charge is 0.494 e. The molecule has 3 nitrogen and oxygen atoms in total. The minimum absolute atomic E-state index is 0.330. The molecule has 0 N–H and O–H groups in total. The maximum Gasteiger partial charge on any atom is 0.337 e. The van der Waals surface area contributed by atoms with Crippen molar-refractivity contribution >= 4 is 5.97 Å². The van der Waals surface area contributed by atoms with Crippen molar-refractivity contribution in [2.75, 3.05) is 13.7 Å². The summed E-state index contributed by atoms with van der Waals surface area (Å²) in [7, 11) is 1.38. The zero-order valence-electron chi connectivity index (χ0n) is 11.3. The lowest BCUT2D eigenvalue weighted by molar-refractivity contribution is 0.0600. The summed E-state index contributed by atoms with van der Waals surface area (Å²) in [6.45, 7) is 2.91. The molecule has 0 saturated carbocycles. The Bertz CT molecular complexity index is 361. The molecule has 0 saturated heterocycles. The van der Waals surface area contributed by atoms with Gasteiger partial charge in [-0.05, 0) is 24.6 Å². The van der Waals surface area contributed by atoms with E-state index in [1.165, 1.54) is 32.8 Å². The van der Waals surface area contributed by atoms with E-state index in [2.05, 4.69) is 11.7 Å². The molecule has 0 unspecified atom stereocenters. The van der Waals surface area contributed by atoms with E-state index in [0.717, 1.165) is 12.2 Å². The highest BCUT2D eigenvalue weighted by Gasteiger charge is 2.05. The van der Waals surface area contributed by atoms with Gasteiger partial charge in [-0.15, -0.1) is 0 Å². The summed E-state index contributed by atoms with van der Waals surface area (Å²) in [5, 5.41) is 0. The van der Waals surface area contributed by atoms with E-state index in [0.29, 0.717) is 12.2 Å². The van der Waals surface area contributed by atoms with Gasteiger partial charge in [0.1, 0.15) is 5.75 Å². The third-order valence-electron chi connectivity index (χ3n) is 2.77. The van der Waals surface area contributed by atoms with Crippen molar-refractivity contribution in [2.24, 2.45) is 0 Å². The first kappa shape index (κ1) is 14.6. The Morgan fingerprint density at radius 3 is 2.67 bits per heavy atom. The lowest BCUT2D eigenvalue weighted by atomic mass is 10.2. The molecule has 18 heavy (non-hydrogen) atoms. The Morgan fingerprint density at radius 1 is 1.17 bits per heavy atom. The molecule has 100 valence electrons. The lowest BCUT2D eigenvalue weighted by Crippen LogP contribution is -2.02. The maximum absolute atomic E-state index is 11.3. The highest BCUT2D eigenvalue weighted by molar-refractivity contribution is 5.89. The van der Waals surface area contributed by atoms with Gasteiger partial charge in [-0.25, -0.2) is 4.79 Å². The van der Waals surface area contributed by atoms with Gasteiger partial charge in [-0.2, -0.15) is 0 Å². The predicted octanol–water partition coefficient (Wildman–Crippen LogP) is 3.82. The molecule has 0 aliphatic rings. The zero-order valence-corrected chi connectivity index (χ0v) is 11.3. The number of carbonyl (C=O) groups excluding carboxylic acids is 1. The average Bonchev–Trinajstić information content (AvgIpc) is 2.42. The first-order chi connectivity index (χ1) is 8.77. The van der Waals surface area contributed by atoms with Crippen LogP contribution in [0, 0.1) is 0 Å². The summed E-state index contributed by atoms with van der Waals surface area (Å²) in [6.07, 6.45) is 6.06.